The van der Waals surface area contributed by atoms with Gasteiger partial charge >= 0.3 is 0 Å². The van der Waals surface area contributed by atoms with Gasteiger partial charge in [-0.2, -0.15) is 4.91 Å². The Morgan fingerprint density at radius 3 is 2.65 bits per heavy atom. The molecule has 1 aromatic heterocycles. The van der Waals surface area contributed by atoms with Gasteiger partial charge in [0.1, 0.15) is 6.54 Å². The maximum Gasteiger partial charge on any atom is 0.222 e. The third-order valence-corrected chi connectivity index (χ3v) is 6.69. The van der Waals surface area contributed by atoms with Gasteiger partial charge in [-0.3, -0.25) is 9.78 Å². The smallest absolute Gasteiger partial charge is 0.222 e. The lowest BCUT2D eigenvalue weighted by atomic mass is 10.1. The number of nitroso groups, excluding NO2 is 1. The molecule has 8 heteroatoms. The van der Waals surface area contributed by atoms with Crippen LogP contribution < -0.4 is 0 Å². The van der Waals surface area contributed by atoms with Gasteiger partial charge in [0.25, 0.3) is 0 Å². The fourth-order valence-electron chi connectivity index (χ4n) is 2.60. The molecule has 0 radical (unpaired) electrons. The van der Waals surface area contributed by atoms with E-state index in [-0.39, 0.29) is 23.8 Å². The van der Waals surface area contributed by atoms with Gasteiger partial charge in [0, 0.05) is 24.8 Å². The van der Waals surface area contributed by atoms with E-state index in [2.05, 4.69) is 30.3 Å². The molecule has 0 saturated carbocycles. The number of carbonyl (C=O) groups is 1. The maximum absolute atomic E-state index is 12.3. The summed E-state index contributed by atoms with van der Waals surface area (Å²) in [6, 6.07) is 3.67. The summed E-state index contributed by atoms with van der Waals surface area (Å²) >= 11 is 0. The van der Waals surface area contributed by atoms with Crippen molar-refractivity contribution in [2.24, 2.45) is 5.18 Å². The van der Waals surface area contributed by atoms with Gasteiger partial charge in [-0.1, -0.05) is 26.8 Å². The molecule has 146 valence electrons. The maximum atomic E-state index is 12.3. The van der Waals surface area contributed by atoms with Gasteiger partial charge < -0.3 is 10.0 Å². The standard InChI is InChI=1S/C18H29N3O3S2/c1-18(2,26-25-4)8-7-17(23)21(3)9-5-6-14-10-15(12-19-24)20-16(11-14)13-22/h10-11,22H,5-9,12-13H2,1-4H3. The highest BCUT2D eigenvalue weighted by atomic mass is 33.1. The molecule has 0 bridgehead atoms. The summed E-state index contributed by atoms with van der Waals surface area (Å²) in [6.45, 7) is 4.84. The molecule has 26 heavy (non-hydrogen) atoms. The van der Waals surface area contributed by atoms with Crippen LogP contribution in [0.5, 0.6) is 0 Å². The zero-order valence-corrected chi connectivity index (χ0v) is 17.7. The Hall–Kier alpha value is -1.12. The summed E-state index contributed by atoms with van der Waals surface area (Å²) in [7, 11) is 5.37. The summed E-state index contributed by atoms with van der Waals surface area (Å²) in [5.41, 5.74) is 2.11. The van der Waals surface area contributed by atoms with Gasteiger partial charge in [-0.05, 0) is 57.1 Å². The number of rotatable bonds is 12. The monoisotopic (exact) mass is 399 g/mol. The largest absolute Gasteiger partial charge is 0.390 e. The van der Waals surface area contributed by atoms with Crippen LogP contribution in [0, 0.1) is 4.91 Å². The minimum Gasteiger partial charge on any atom is -0.390 e. The molecule has 1 N–H and O–H groups in total. The average Bonchev–Trinajstić information content (AvgIpc) is 2.59. The minimum absolute atomic E-state index is 0.00305. The number of aryl methyl sites for hydroxylation is 1. The van der Waals surface area contributed by atoms with Crippen molar-refractivity contribution in [1.82, 2.24) is 9.88 Å². The van der Waals surface area contributed by atoms with Crippen LogP contribution in [0.15, 0.2) is 17.3 Å². The first-order valence-electron chi connectivity index (χ1n) is 8.65. The summed E-state index contributed by atoms with van der Waals surface area (Å²) < 4.78 is 0.0939. The Labute approximate surface area is 163 Å². The molecule has 0 fully saturated rings. The van der Waals surface area contributed by atoms with Crippen molar-refractivity contribution >= 4 is 27.5 Å². The van der Waals surface area contributed by atoms with Crippen molar-refractivity contribution in [3.63, 3.8) is 0 Å². The molecule has 6 nitrogen and oxygen atoms in total. The lowest BCUT2D eigenvalue weighted by Crippen LogP contribution is -2.29. The van der Waals surface area contributed by atoms with E-state index in [1.807, 2.05) is 19.2 Å². The van der Waals surface area contributed by atoms with Crippen LogP contribution >= 0.6 is 21.6 Å². The number of aliphatic hydroxyl groups is 1. The summed E-state index contributed by atoms with van der Waals surface area (Å²) in [6.07, 6.45) is 5.03. The van der Waals surface area contributed by atoms with Crippen LogP contribution in [0.25, 0.3) is 0 Å². The quantitative estimate of drug-likeness (QED) is 0.425. The molecule has 0 aliphatic carbocycles. The summed E-state index contributed by atoms with van der Waals surface area (Å²) in [4.78, 5) is 28.7. The SMILES string of the molecule is CSSC(C)(C)CCC(=O)N(C)CCCc1cc(CO)nc(CN=O)c1. The first-order valence-corrected chi connectivity index (χ1v) is 11.2. The van der Waals surface area contributed by atoms with Crippen LogP contribution in [0.1, 0.15) is 50.1 Å². The zero-order chi connectivity index (χ0) is 19.6. The van der Waals surface area contributed by atoms with Crippen molar-refractivity contribution in [3.05, 3.63) is 34.0 Å². The van der Waals surface area contributed by atoms with Crippen LogP contribution in [0.3, 0.4) is 0 Å². The third-order valence-electron chi connectivity index (χ3n) is 4.01. The zero-order valence-electron chi connectivity index (χ0n) is 16.0. The first kappa shape index (κ1) is 22.9. The molecule has 1 amide bonds. The van der Waals surface area contributed by atoms with Crippen LogP contribution in [0.2, 0.25) is 0 Å². The first-order chi connectivity index (χ1) is 12.3. The number of hydrogen-bond donors (Lipinski definition) is 1. The van der Waals surface area contributed by atoms with Crippen molar-refractivity contribution in [2.75, 3.05) is 19.8 Å². The van der Waals surface area contributed by atoms with Gasteiger partial charge in [-0.15, -0.1) is 0 Å². The summed E-state index contributed by atoms with van der Waals surface area (Å²) in [5, 5.41) is 12.1. The van der Waals surface area contributed by atoms with E-state index in [4.69, 9.17) is 0 Å². The Bertz CT molecular complexity index is 597. The van der Waals surface area contributed by atoms with Crippen LogP contribution in [-0.2, 0) is 24.4 Å². The van der Waals surface area contributed by atoms with E-state index < -0.39 is 0 Å². The number of aliphatic hydroxyl groups excluding tert-OH is 1. The third kappa shape index (κ3) is 8.51. The summed E-state index contributed by atoms with van der Waals surface area (Å²) in [5.74, 6) is 0.163. The lowest BCUT2D eigenvalue weighted by molar-refractivity contribution is -0.130. The molecular formula is C18H29N3O3S2. The number of nitrogens with zero attached hydrogens (tertiary/aromatic N) is 3. The molecule has 1 rings (SSSR count). The topological polar surface area (TPSA) is 82.9 Å². The highest BCUT2D eigenvalue weighted by Gasteiger charge is 2.20. The van der Waals surface area contributed by atoms with Gasteiger partial charge in [-0.25, -0.2) is 0 Å². The molecule has 0 aliphatic rings. The Balaban J connectivity index is 2.47. The second kappa shape index (κ2) is 11.6. The van der Waals surface area contributed by atoms with Gasteiger partial charge in [0.05, 0.1) is 18.0 Å². The van der Waals surface area contributed by atoms with E-state index >= 15 is 0 Å². The number of aromatic nitrogens is 1. The lowest BCUT2D eigenvalue weighted by Gasteiger charge is -2.24. The number of carbonyl (C=O) groups excluding carboxylic acids is 1. The predicted octanol–water partition coefficient (Wildman–Crippen LogP) is 3.80. The predicted molar refractivity (Wildman–Crippen MR) is 110 cm³/mol. The Morgan fingerprint density at radius 1 is 1.35 bits per heavy atom. The highest BCUT2D eigenvalue weighted by molar-refractivity contribution is 8.76. The molecule has 0 atom stereocenters. The number of hydrogen-bond acceptors (Lipinski definition) is 7. The molecule has 0 aliphatic heterocycles. The fraction of sp³-hybridized carbons (Fsp3) is 0.667. The highest BCUT2D eigenvalue weighted by Crippen LogP contribution is 2.37. The van der Waals surface area contributed by atoms with E-state index in [1.165, 1.54) is 0 Å². The molecule has 0 spiro atoms. The molecule has 0 saturated heterocycles. The normalized spacial score (nSPS) is 11.4. The van der Waals surface area contributed by atoms with Crippen molar-refractivity contribution in [3.8, 4) is 0 Å². The Kier molecular flexibility index (Phi) is 10.2. The molecule has 0 aromatic carbocycles. The van der Waals surface area contributed by atoms with Gasteiger partial charge in [0.15, 0.2) is 0 Å². The van der Waals surface area contributed by atoms with E-state index in [0.717, 1.165) is 24.8 Å². The van der Waals surface area contributed by atoms with Gasteiger partial charge in [0.2, 0.25) is 5.91 Å². The van der Waals surface area contributed by atoms with Crippen molar-refractivity contribution in [2.45, 2.75) is 57.4 Å². The Morgan fingerprint density at radius 2 is 2.04 bits per heavy atom. The second-order valence-corrected chi connectivity index (χ2v) is 9.94. The van der Waals surface area contributed by atoms with E-state index in [1.54, 1.807) is 26.5 Å². The molecule has 1 aromatic rings. The van der Waals surface area contributed by atoms with E-state index in [9.17, 15) is 14.8 Å². The minimum atomic E-state index is -0.165. The molecule has 1 heterocycles. The number of pyridine rings is 1. The van der Waals surface area contributed by atoms with E-state index in [0.29, 0.717) is 24.4 Å². The van der Waals surface area contributed by atoms with Crippen LogP contribution in [-0.4, -0.2) is 45.5 Å². The van der Waals surface area contributed by atoms with Crippen molar-refractivity contribution in [1.29, 1.82) is 0 Å². The molecule has 0 unspecified atom stereocenters. The fourth-order valence-corrected chi connectivity index (χ4v) is 4.84. The average molecular weight is 400 g/mol. The molecular weight excluding hydrogens is 370 g/mol. The van der Waals surface area contributed by atoms with Crippen LogP contribution in [0.4, 0.5) is 0 Å². The number of amides is 1. The van der Waals surface area contributed by atoms with Crippen molar-refractivity contribution < 1.29 is 9.90 Å². The second-order valence-electron chi connectivity index (χ2n) is 6.83.